The SMILES string of the molecule is Cc1cc(C)c(C(=O)CN(C)CCS(C)(=O)=O)cc1C. The molecule has 5 heteroatoms. The summed E-state index contributed by atoms with van der Waals surface area (Å²) in [6, 6.07) is 3.93. The van der Waals surface area contributed by atoms with Gasteiger partial charge in [0.1, 0.15) is 9.84 Å². The maximum atomic E-state index is 12.3. The van der Waals surface area contributed by atoms with Gasteiger partial charge in [0, 0.05) is 18.4 Å². The molecule has 4 nitrogen and oxygen atoms in total. The number of aryl methyl sites for hydroxylation is 3. The number of likely N-dealkylation sites (N-methyl/N-ethyl adjacent to an activating group) is 1. The van der Waals surface area contributed by atoms with E-state index in [2.05, 4.69) is 0 Å². The molecule has 20 heavy (non-hydrogen) atoms. The topological polar surface area (TPSA) is 54.5 Å². The van der Waals surface area contributed by atoms with Crippen LogP contribution in [0.5, 0.6) is 0 Å². The van der Waals surface area contributed by atoms with Gasteiger partial charge in [-0.1, -0.05) is 6.07 Å². The van der Waals surface area contributed by atoms with Gasteiger partial charge in [-0.05, 0) is 50.6 Å². The Morgan fingerprint density at radius 2 is 1.65 bits per heavy atom. The molecule has 0 saturated heterocycles. The Balaban J connectivity index is 2.74. The van der Waals surface area contributed by atoms with Gasteiger partial charge in [0.05, 0.1) is 12.3 Å². The molecule has 0 heterocycles. The molecule has 0 bridgehead atoms. The third-order valence-corrected chi connectivity index (χ3v) is 4.32. The van der Waals surface area contributed by atoms with Gasteiger partial charge in [-0.15, -0.1) is 0 Å². The van der Waals surface area contributed by atoms with Gasteiger partial charge in [-0.2, -0.15) is 0 Å². The molecule has 1 rings (SSSR count). The zero-order chi connectivity index (χ0) is 15.5. The predicted octanol–water partition coefficient (Wildman–Crippen LogP) is 1.77. The number of Topliss-reactive ketones (excluding diaryl/α,β-unsaturated/α-hetero) is 1. The summed E-state index contributed by atoms with van der Waals surface area (Å²) in [5.41, 5.74) is 3.95. The predicted molar refractivity (Wildman–Crippen MR) is 82.2 cm³/mol. The Kier molecular flexibility index (Phi) is 5.48. The minimum Gasteiger partial charge on any atom is -0.298 e. The van der Waals surface area contributed by atoms with Gasteiger partial charge < -0.3 is 0 Å². The Bertz CT molecular complexity index is 606. The molecule has 0 aliphatic carbocycles. The highest BCUT2D eigenvalue weighted by Gasteiger charge is 2.14. The fourth-order valence-corrected chi connectivity index (χ4v) is 2.64. The van der Waals surface area contributed by atoms with Crippen LogP contribution in [0.1, 0.15) is 27.0 Å². The summed E-state index contributed by atoms with van der Waals surface area (Å²) in [4.78, 5) is 14.0. The molecule has 1 aromatic carbocycles. The lowest BCUT2D eigenvalue weighted by molar-refractivity contribution is 0.0948. The minimum absolute atomic E-state index is 0.0293. The number of carbonyl (C=O) groups is 1. The van der Waals surface area contributed by atoms with Crippen LogP contribution in [0.3, 0.4) is 0 Å². The van der Waals surface area contributed by atoms with Gasteiger partial charge in [0.15, 0.2) is 5.78 Å². The molecule has 0 N–H and O–H groups in total. The average Bonchev–Trinajstić information content (AvgIpc) is 2.30. The maximum Gasteiger partial charge on any atom is 0.177 e. The number of carbonyl (C=O) groups excluding carboxylic acids is 1. The molecule has 0 fully saturated rings. The zero-order valence-corrected chi connectivity index (χ0v) is 13.7. The van der Waals surface area contributed by atoms with Crippen molar-refractivity contribution in [2.75, 3.05) is 32.1 Å². The summed E-state index contributed by atoms with van der Waals surface area (Å²) in [6.45, 7) is 6.54. The van der Waals surface area contributed by atoms with E-state index >= 15 is 0 Å². The van der Waals surface area contributed by atoms with Crippen molar-refractivity contribution in [3.8, 4) is 0 Å². The maximum absolute atomic E-state index is 12.3. The highest BCUT2D eigenvalue weighted by atomic mass is 32.2. The average molecular weight is 297 g/mol. The van der Waals surface area contributed by atoms with Gasteiger partial charge in [0.25, 0.3) is 0 Å². The van der Waals surface area contributed by atoms with Crippen LogP contribution in [-0.4, -0.2) is 51.2 Å². The second-order valence-electron chi connectivity index (χ2n) is 5.54. The van der Waals surface area contributed by atoms with E-state index in [0.717, 1.165) is 16.7 Å². The summed E-state index contributed by atoms with van der Waals surface area (Å²) in [5.74, 6) is 0.101. The van der Waals surface area contributed by atoms with E-state index in [0.29, 0.717) is 6.54 Å². The molecule has 0 unspecified atom stereocenters. The van der Waals surface area contributed by atoms with E-state index in [1.807, 2.05) is 32.9 Å². The number of sulfone groups is 1. The number of benzene rings is 1. The molecule has 0 amide bonds. The van der Waals surface area contributed by atoms with Gasteiger partial charge >= 0.3 is 0 Å². The normalized spacial score (nSPS) is 11.9. The first-order valence-corrected chi connectivity index (χ1v) is 8.63. The van der Waals surface area contributed by atoms with E-state index < -0.39 is 9.84 Å². The van der Waals surface area contributed by atoms with Crippen LogP contribution < -0.4 is 0 Å². The standard InChI is InChI=1S/C15H23NO3S/c1-11-8-13(3)14(9-12(11)2)15(17)10-16(4)6-7-20(5,18)19/h8-9H,6-7,10H2,1-5H3. The fourth-order valence-electron chi connectivity index (χ4n) is 1.99. The second kappa shape index (κ2) is 6.50. The van der Waals surface area contributed by atoms with Crippen LogP contribution in [0.25, 0.3) is 0 Å². The lowest BCUT2D eigenvalue weighted by atomic mass is 9.98. The number of hydrogen-bond donors (Lipinski definition) is 0. The highest BCUT2D eigenvalue weighted by molar-refractivity contribution is 7.90. The van der Waals surface area contributed by atoms with Crippen molar-refractivity contribution in [1.29, 1.82) is 0 Å². The van der Waals surface area contributed by atoms with Crippen LogP contribution in [0.15, 0.2) is 12.1 Å². The Morgan fingerprint density at radius 1 is 1.10 bits per heavy atom. The second-order valence-corrected chi connectivity index (χ2v) is 7.80. The van der Waals surface area contributed by atoms with Crippen LogP contribution in [0.4, 0.5) is 0 Å². The summed E-state index contributed by atoms with van der Waals surface area (Å²) in [5, 5.41) is 0. The molecular weight excluding hydrogens is 274 g/mol. The van der Waals surface area contributed by atoms with Crippen molar-refractivity contribution in [1.82, 2.24) is 4.90 Å². The van der Waals surface area contributed by atoms with E-state index in [1.54, 1.807) is 11.9 Å². The first kappa shape index (κ1) is 16.9. The van der Waals surface area contributed by atoms with Crippen LogP contribution >= 0.6 is 0 Å². The molecule has 0 saturated carbocycles. The van der Waals surface area contributed by atoms with Crippen molar-refractivity contribution in [3.05, 3.63) is 34.4 Å². The molecule has 1 aromatic rings. The molecule has 0 radical (unpaired) electrons. The number of rotatable bonds is 6. The van der Waals surface area contributed by atoms with E-state index in [-0.39, 0.29) is 18.1 Å². The Hall–Kier alpha value is -1.20. The first-order chi connectivity index (χ1) is 9.10. The van der Waals surface area contributed by atoms with Crippen LogP contribution in [-0.2, 0) is 9.84 Å². The molecular formula is C15H23NO3S. The summed E-state index contributed by atoms with van der Waals surface area (Å²) >= 11 is 0. The minimum atomic E-state index is -2.99. The molecule has 0 aliphatic rings. The van der Waals surface area contributed by atoms with Gasteiger partial charge in [-0.25, -0.2) is 8.42 Å². The van der Waals surface area contributed by atoms with Crippen molar-refractivity contribution >= 4 is 15.6 Å². The monoisotopic (exact) mass is 297 g/mol. The van der Waals surface area contributed by atoms with Crippen molar-refractivity contribution in [2.24, 2.45) is 0 Å². The van der Waals surface area contributed by atoms with E-state index in [1.165, 1.54) is 11.8 Å². The summed E-state index contributed by atoms with van der Waals surface area (Å²) in [7, 11) is -1.23. The molecule has 0 spiro atoms. The molecule has 112 valence electrons. The number of hydrogen-bond acceptors (Lipinski definition) is 4. The smallest absolute Gasteiger partial charge is 0.177 e. The summed E-state index contributed by atoms with van der Waals surface area (Å²) < 4.78 is 22.2. The summed E-state index contributed by atoms with van der Waals surface area (Å²) in [6.07, 6.45) is 1.20. The molecule has 0 aromatic heterocycles. The quantitative estimate of drug-likeness (QED) is 0.751. The van der Waals surface area contributed by atoms with Crippen molar-refractivity contribution in [3.63, 3.8) is 0 Å². The third kappa shape index (κ3) is 5.06. The van der Waals surface area contributed by atoms with E-state index in [4.69, 9.17) is 0 Å². The van der Waals surface area contributed by atoms with Crippen LogP contribution in [0, 0.1) is 20.8 Å². The third-order valence-electron chi connectivity index (χ3n) is 3.40. The Morgan fingerprint density at radius 3 is 2.20 bits per heavy atom. The number of ketones is 1. The lowest BCUT2D eigenvalue weighted by Gasteiger charge is -2.16. The fraction of sp³-hybridized carbons (Fsp3) is 0.533. The van der Waals surface area contributed by atoms with Gasteiger partial charge in [-0.3, -0.25) is 9.69 Å². The largest absolute Gasteiger partial charge is 0.298 e. The molecule has 0 atom stereocenters. The lowest BCUT2D eigenvalue weighted by Crippen LogP contribution is -2.30. The first-order valence-electron chi connectivity index (χ1n) is 6.57. The van der Waals surface area contributed by atoms with Crippen molar-refractivity contribution < 1.29 is 13.2 Å². The zero-order valence-electron chi connectivity index (χ0n) is 12.9. The van der Waals surface area contributed by atoms with Gasteiger partial charge in [0.2, 0.25) is 0 Å². The van der Waals surface area contributed by atoms with Crippen LogP contribution in [0.2, 0.25) is 0 Å². The van der Waals surface area contributed by atoms with Crippen molar-refractivity contribution in [2.45, 2.75) is 20.8 Å². The molecule has 0 aliphatic heterocycles. The Labute approximate surface area is 121 Å². The number of nitrogens with zero attached hydrogens (tertiary/aromatic N) is 1. The highest BCUT2D eigenvalue weighted by Crippen LogP contribution is 2.16. The van der Waals surface area contributed by atoms with E-state index in [9.17, 15) is 13.2 Å².